The van der Waals surface area contributed by atoms with Crippen LogP contribution in [0, 0.1) is 10.1 Å². The maximum absolute atomic E-state index is 12.0. The molecule has 0 aliphatic carbocycles. The topological polar surface area (TPSA) is 84.6 Å². The van der Waals surface area contributed by atoms with Crippen LogP contribution < -0.4 is 5.43 Å². The molecule has 0 spiro atoms. The molecule has 0 aliphatic heterocycles. The number of amides is 1. The second-order valence-electron chi connectivity index (χ2n) is 4.77. The number of halogens is 1. The molecule has 0 saturated heterocycles. The first kappa shape index (κ1) is 18.0. The van der Waals surface area contributed by atoms with Gasteiger partial charge in [-0.3, -0.25) is 14.9 Å². The lowest BCUT2D eigenvalue weighted by Gasteiger charge is -2.09. The summed E-state index contributed by atoms with van der Waals surface area (Å²) in [5.41, 5.74) is 2.67. The Hall–Kier alpha value is -2.38. The van der Waals surface area contributed by atoms with Crippen LogP contribution in [0.15, 0.2) is 58.5 Å². The molecule has 6 nitrogen and oxygen atoms in total. The van der Waals surface area contributed by atoms with Crippen LogP contribution in [0.4, 0.5) is 5.69 Å². The van der Waals surface area contributed by atoms with Gasteiger partial charge in [0.25, 0.3) is 11.6 Å². The van der Waals surface area contributed by atoms with E-state index >= 15 is 0 Å². The van der Waals surface area contributed by atoms with Crippen molar-refractivity contribution >= 4 is 41.2 Å². The molecule has 2 aromatic rings. The molecular weight excluding hydrogens is 350 g/mol. The summed E-state index contributed by atoms with van der Waals surface area (Å²) >= 11 is 7.36. The van der Waals surface area contributed by atoms with Crippen LogP contribution in [0.1, 0.15) is 12.5 Å². The fourth-order valence-electron chi connectivity index (χ4n) is 1.76. The van der Waals surface area contributed by atoms with Gasteiger partial charge in [-0.15, -0.1) is 11.8 Å². The summed E-state index contributed by atoms with van der Waals surface area (Å²) in [7, 11) is 0. The van der Waals surface area contributed by atoms with E-state index in [0.29, 0.717) is 10.6 Å². The second-order valence-corrected chi connectivity index (χ2v) is 6.59. The molecule has 2 aromatic carbocycles. The lowest BCUT2D eigenvalue weighted by Crippen LogP contribution is -2.26. The highest BCUT2D eigenvalue weighted by atomic mass is 35.5. The van der Waals surface area contributed by atoms with Crippen LogP contribution >= 0.6 is 23.4 Å². The smallest absolute Gasteiger partial charge is 0.270 e. The van der Waals surface area contributed by atoms with Gasteiger partial charge in [0.2, 0.25) is 0 Å². The van der Waals surface area contributed by atoms with E-state index in [1.54, 1.807) is 6.92 Å². The Kier molecular flexibility index (Phi) is 6.34. The number of rotatable bonds is 6. The molecule has 0 heterocycles. The quantitative estimate of drug-likeness (QED) is 0.365. The van der Waals surface area contributed by atoms with E-state index < -0.39 is 4.92 Å². The molecule has 1 N–H and O–H groups in total. The van der Waals surface area contributed by atoms with Crippen LogP contribution in [-0.2, 0) is 4.79 Å². The van der Waals surface area contributed by atoms with Crippen LogP contribution in [0.5, 0.6) is 0 Å². The van der Waals surface area contributed by atoms with E-state index in [2.05, 4.69) is 10.5 Å². The Morgan fingerprint density at radius 3 is 2.71 bits per heavy atom. The third kappa shape index (κ3) is 5.07. The number of hydrazone groups is 1. The number of non-ortho nitro benzene ring substituents is 1. The van der Waals surface area contributed by atoms with Gasteiger partial charge in [-0.1, -0.05) is 29.8 Å². The standard InChI is InChI=1S/C16H14ClN3O3S/c1-11(24-14-5-3-2-4-6-14)16(21)19-18-10-12-9-13(20(22)23)7-8-15(12)17/h2-11H,1H3,(H,19,21)/b18-10-/t11-/m1/s1. The Bertz CT molecular complexity index is 768. The zero-order valence-corrected chi connectivity index (χ0v) is 14.3. The van der Waals surface area contributed by atoms with Gasteiger partial charge in [0.1, 0.15) is 0 Å². The highest BCUT2D eigenvalue weighted by molar-refractivity contribution is 8.00. The highest BCUT2D eigenvalue weighted by Gasteiger charge is 2.13. The molecule has 24 heavy (non-hydrogen) atoms. The first-order valence-corrected chi connectivity index (χ1v) is 8.21. The van der Waals surface area contributed by atoms with Crippen molar-refractivity contribution in [1.82, 2.24) is 5.43 Å². The number of nitro groups is 1. The zero-order valence-electron chi connectivity index (χ0n) is 12.7. The van der Waals surface area contributed by atoms with Gasteiger partial charge < -0.3 is 0 Å². The summed E-state index contributed by atoms with van der Waals surface area (Å²) in [6, 6.07) is 13.5. The van der Waals surface area contributed by atoms with Gasteiger partial charge in [0.15, 0.2) is 0 Å². The maximum Gasteiger partial charge on any atom is 0.270 e. The molecule has 0 fully saturated rings. The number of hydrogen-bond donors (Lipinski definition) is 1. The van der Waals surface area contributed by atoms with E-state index in [0.717, 1.165) is 4.90 Å². The van der Waals surface area contributed by atoms with E-state index in [9.17, 15) is 14.9 Å². The number of hydrogen-bond acceptors (Lipinski definition) is 5. The number of thioether (sulfide) groups is 1. The van der Waals surface area contributed by atoms with Crippen molar-refractivity contribution in [1.29, 1.82) is 0 Å². The molecule has 0 aliphatic rings. The lowest BCUT2D eigenvalue weighted by molar-refractivity contribution is -0.384. The number of nitrogens with one attached hydrogen (secondary N) is 1. The number of carbonyl (C=O) groups excluding carboxylic acids is 1. The maximum atomic E-state index is 12.0. The summed E-state index contributed by atoms with van der Waals surface area (Å²) in [5, 5.41) is 14.5. The fourth-order valence-corrected chi connectivity index (χ4v) is 2.81. The minimum atomic E-state index is -0.523. The van der Waals surface area contributed by atoms with Crippen LogP contribution in [0.3, 0.4) is 0 Å². The Balaban J connectivity index is 1.97. The molecule has 1 atom stereocenters. The molecule has 0 radical (unpaired) electrons. The number of nitro benzene ring substituents is 1. The van der Waals surface area contributed by atoms with Gasteiger partial charge in [-0.25, -0.2) is 5.43 Å². The summed E-state index contributed by atoms with van der Waals surface area (Å²) in [6.45, 7) is 1.77. The Morgan fingerprint density at radius 2 is 2.04 bits per heavy atom. The van der Waals surface area contributed by atoms with Crippen molar-refractivity contribution < 1.29 is 9.72 Å². The lowest BCUT2D eigenvalue weighted by atomic mass is 10.2. The number of nitrogens with zero attached hydrogens (tertiary/aromatic N) is 2. The van der Waals surface area contributed by atoms with Gasteiger partial charge in [-0.05, 0) is 25.1 Å². The average Bonchev–Trinajstić information content (AvgIpc) is 2.57. The fraction of sp³-hybridized carbons (Fsp3) is 0.125. The van der Waals surface area contributed by atoms with Crippen molar-refractivity contribution in [2.45, 2.75) is 17.1 Å². The molecule has 0 saturated carbocycles. The molecule has 1 amide bonds. The first-order valence-electron chi connectivity index (χ1n) is 6.96. The van der Waals surface area contributed by atoms with Gasteiger partial charge in [-0.2, -0.15) is 5.10 Å². The Labute approximate surface area is 148 Å². The van der Waals surface area contributed by atoms with Gasteiger partial charge in [0, 0.05) is 27.6 Å². The molecule has 0 aromatic heterocycles. The number of carbonyl (C=O) groups is 1. The molecule has 0 unspecified atom stereocenters. The largest absolute Gasteiger partial charge is 0.272 e. The summed E-state index contributed by atoms with van der Waals surface area (Å²) < 4.78 is 0. The van der Waals surface area contributed by atoms with Crippen molar-refractivity contribution in [2.75, 3.05) is 0 Å². The summed E-state index contributed by atoms with van der Waals surface area (Å²) in [6.07, 6.45) is 1.28. The van der Waals surface area contributed by atoms with Crippen molar-refractivity contribution in [3.05, 3.63) is 69.2 Å². The Morgan fingerprint density at radius 1 is 1.33 bits per heavy atom. The van der Waals surface area contributed by atoms with Crippen LogP contribution in [-0.4, -0.2) is 22.3 Å². The highest BCUT2D eigenvalue weighted by Crippen LogP contribution is 2.23. The second kappa shape index (κ2) is 8.47. The van der Waals surface area contributed by atoms with Crippen molar-refractivity contribution in [3.8, 4) is 0 Å². The van der Waals surface area contributed by atoms with Crippen molar-refractivity contribution in [3.63, 3.8) is 0 Å². The van der Waals surface area contributed by atoms with E-state index in [1.165, 1.54) is 36.2 Å². The first-order chi connectivity index (χ1) is 11.5. The molecule has 124 valence electrons. The summed E-state index contributed by atoms with van der Waals surface area (Å²) in [5.74, 6) is -0.276. The molecule has 8 heteroatoms. The van der Waals surface area contributed by atoms with E-state index in [1.807, 2.05) is 30.3 Å². The van der Waals surface area contributed by atoms with E-state index in [4.69, 9.17) is 11.6 Å². The predicted octanol–water partition coefficient (Wildman–Crippen LogP) is 3.88. The molecular formula is C16H14ClN3O3S. The predicted molar refractivity (Wildman–Crippen MR) is 95.6 cm³/mol. The SMILES string of the molecule is C[C@@H](Sc1ccccc1)C(=O)N/N=C\c1cc([N+](=O)[O-])ccc1Cl. The average molecular weight is 364 g/mol. The minimum Gasteiger partial charge on any atom is -0.272 e. The third-order valence-corrected chi connectivity index (χ3v) is 4.45. The zero-order chi connectivity index (χ0) is 17.5. The molecule has 2 rings (SSSR count). The number of benzene rings is 2. The van der Waals surface area contributed by atoms with E-state index in [-0.39, 0.29) is 16.8 Å². The van der Waals surface area contributed by atoms with Gasteiger partial charge in [0.05, 0.1) is 16.4 Å². The normalized spacial score (nSPS) is 12.1. The van der Waals surface area contributed by atoms with Gasteiger partial charge >= 0.3 is 0 Å². The summed E-state index contributed by atoms with van der Waals surface area (Å²) in [4.78, 5) is 23.2. The van der Waals surface area contributed by atoms with Crippen LogP contribution in [0.25, 0.3) is 0 Å². The third-order valence-electron chi connectivity index (χ3n) is 2.99. The van der Waals surface area contributed by atoms with Crippen molar-refractivity contribution in [2.24, 2.45) is 5.10 Å². The molecule has 0 bridgehead atoms. The minimum absolute atomic E-state index is 0.0971. The van der Waals surface area contributed by atoms with Crippen LogP contribution in [0.2, 0.25) is 5.02 Å². The monoisotopic (exact) mass is 363 g/mol.